The molecule has 94 valence electrons. The summed E-state index contributed by atoms with van der Waals surface area (Å²) in [5, 5.41) is 44.3. The monoisotopic (exact) mass is 244 g/mol. The molecule has 9 heteroatoms. The number of hydrogen-bond acceptors (Lipinski definition) is 6. The molecule has 0 aromatic rings. The van der Waals surface area contributed by atoms with Crippen LogP contribution in [0.5, 0.6) is 0 Å². The van der Waals surface area contributed by atoms with Crippen molar-refractivity contribution in [2.75, 3.05) is 6.61 Å². The molecule has 0 spiro atoms. The van der Waals surface area contributed by atoms with Crippen molar-refractivity contribution in [3.05, 3.63) is 0 Å². The lowest BCUT2D eigenvalue weighted by Crippen LogP contribution is -2.60. The number of aliphatic hydroxyl groups is 4. The van der Waals surface area contributed by atoms with Crippen molar-refractivity contribution in [1.82, 2.24) is 0 Å². The third-order valence-corrected chi connectivity index (χ3v) is 2.33. The van der Waals surface area contributed by atoms with Crippen LogP contribution >= 0.6 is 0 Å². The Bertz CT molecular complexity index is 296. The average molecular weight is 244 g/mol. The van der Waals surface area contributed by atoms with Crippen LogP contribution in [0.4, 0.5) is 8.78 Å². The Labute approximate surface area is 87.5 Å². The van der Waals surface area contributed by atoms with Gasteiger partial charge in [0, 0.05) is 0 Å². The summed E-state index contributed by atoms with van der Waals surface area (Å²) in [4.78, 5) is 10.2. The molecular formula is C7H10F2O7. The minimum Gasteiger partial charge on any atom is -0.477 e. The van der Waals surface area contributed by atoms with Crippen molar-refractivity contribution in [1.29, 1.82) is 0 Å². The van der Waals surface area contributed by atoms with E-state index in [0.29, 0.717) is 0 Å². The van der Waals surface area contributed by atoms with Crippen molar-refractivity contribution >= 4 is 5.97 Å². The van der Waals surface area contributed by atoms with E-state index in [0.717, 1.165) is 0 Å². The number of halogens is 2. The second-order valence-corrected chi connectivity index (χ2v) is 3.35. The van der Waals surface area contributed by atoms with E-state index in [1.54, 1.807) is 0 Å². The highest BCUT2D eigenvalue weighted by Crippen LogP contribution is 2.40. The van der Waals surface area contributed by atoms with Crippen LogP contribution < -0.4 is 0 Å². The first-order valence-electron chi connectivity index (χ1n) is 4.17. The highest BCUT2D eigenvalue weighted by atomic mass is 19.3. The van der Waals surface area contributed by atoms with E-state index >= 15 is 0 Å². The van der Waals surface area contributed by atoms with E-state index in [2.05, 4.69) is 4.74 Å². The van der Waals surface area contributed by atoms with Crippen LogP contribution in [0.3, 0.4) is 0 Å². The standard InChI is InChI=1S/C7H10F2O7/c8-6(9,5(13)14)7(15)4(12)3(11)2(1-10)16-7/h2-4,10-12,15H,1H2,(H,13,14)/t2-,3-,4+,7?/m1/s1. The van der Waals surface area contributed by atoms with E-state index in [4.69, 9.17) is 20.4 Å². The van der Waals surface area contributed by atoms with Crippen LogP contribution in [0.25, 0.3) is 0 Å². The predicted molar refractivity (Wildman–Crippen MR) is 41.5 cm³/mol. The molecule has 5 N–H and O–H groups in total. The zero-order valence-electron chi connectivity index (χ0n) is 7.75. The fraction of sp³-hybridized carbons (Fsp3) is 0.857. The molecule has 1 unspecified atom stereocenters. The zero-order chi connectivity index (χ0) is 12.7. The zero-order valence-corrected chi connectivity index (χ0v) is 7.75. The van der Waals surface area contributed by atoms with E-state index in [-0.39, 0.29) is 0 Å². The average Bonchev–Trinajstić information content (AvgIpc) is 2.43. The van der Waals surface area contributed by atoms with E-state index in [1.807, 2.05) is 0 Å². The summed E-state index contributed by atoms with van der Waals surface area (Å²) in [6, 6.07) is 0. The van der Waals surface area contributed by atoms with Gasteiger partial charge in [0.1, 0.15) is 18.3 Å². The van der Waals surface area contributed by atoms with Gasteiger partial charge in [-0.3, -0.25) is 0 Å². The number of rotatable bonds is 3. The van der Waals surface area contributed by atoms with Gasteiger partial charge in [-0.25, -0.2) is 4.79 Å². The van der Waals surface area contributed by atoms with Gasteiger partial charge < -0.3 is 30.3 Å². The summed E-state index contributed by atoms with van der Waals surface area (Å²) in [5.41, 5.74) is 0. The quantitative estimate of drug-likeness (QED) is 0.371. The number of aliphatic carboxylic acids is 1. The summed E-state index contributed by atoms with van der Waals surface area (Å²) < 4.78 is 30.2. The lowest BCUT2D eigenvalue weighted by Gasteiger charge is -2.30. The molecule has 4 atom stereocenters. The summed E-state index contributed by atoms with van der Waals surface area (Å²) >= 11 is 0. The molecule has 0 radical (unpaired) electrons. The molecule has 16 heavy (non-hydrogen) atoms. The Morgan fingerprint density at radius 3 is 2.25 bits per heavy atom. The maximum absolute atomic E-state index is 13.0. The predicted octanol–water partition coefficient (Wildman–Crippen LogP) is -2.49. The van der Waals surface area contributed by atoms with Gasteiger partial charge >= 0.3 is 11.9 Å². The molecule has 0 bridgehead atoms. The van der Waals surface area contributed by atoms with Crippen LogP contribution in [0.1, 0.15) is 0 Å². The van der Waals surface area contributed by atoms with Gasteiger partial charge in [0.05, 0.1) is 6.61 Å². The smallest absolute Gasteiger partial charge is 0.397 e. The molecule has 0 saturated carbocycles. The highest BCUT2D eigenvalue weighted by Gasteiger charge is 2.70. The largest absolute Gasteiger partial charge is 0.477 e. The minimum atomic E-state index is -4.82. The van der Waals surface area contributed by atoms with Crippen LogP contribution in [-0.4, -0.2) is 68.1 Å². The van der Waals surface area contributed by atoms with E-state index in [1.165, 1.54) is 0 Å². The third kappa shape index (κ3) is 1.57. The number of aliphatic hydroxyl groups excluding tert-OH is 3. The van der Waals surface area contributed by atoms with E-state index in [9.17, 15) is 18.7 Å². The van der Waals surface area contributed by atoms with Gasteiger partial charge in [-0.1, -0.05) is 0 Å². The number of ether oxygens (including phenoxy) is 1. The molecule has 1 heterocycles. The van der Waals surface area contributed by atoms with Gasteiger partial charge in [0.15, 0.2) is 0 Å². The molecule has 0 aliphatic carbocycles. The van der Waals surface area contributed by atoms with Crippen molar-refractivity contribution in [2.45, 2.75) is 30.0 Å². The fourth-order valence-electron chi connectivity index (χ4n) is 1.36. The van der Waals surface area contributed by atoms with Crippen molar-refractivity contribution in [3.8, 4) is 0 Å². The lowest BCUT2D eigenvalue weighted by atomic mass is 9.99. The van der Waals surface area contributed by atoms with Crippen molar-refractivity contribution in [2.24, 2.45) is 0 Å². The van der Waals surface area contributed by atoms with Gasteiger partial charge in [-0.05, 0) is 0 Å². The Morgan fingerprint density at radius 2 is 1.94 bits per heavy atom. The van der Waals surface area contributed by atoms with E-state index < -0.39 is 42.6 Å². The SMILES string of the molecule is O=C(O)C(F)(F)C1(O)O[C@H](CO)[C@@H](O)[C@@H]1O. The summed E-state index contributed by atoms with van der Waals surface area (Å²) in [6.07, 6.45) is -6.25. The molecular weight excluding hydrogens is 234 g/mol. The van der Waals surface area contributed by atoms with Crippen molar-refractivity contribution < 1.29 is 43.8 Å². The Morgan fingerprint density at radius 1 is 1.44 bits per heavy atom. The Balaban J connectivity index is 3.07. The molecule has 0 aromatic heterocycles. The molecule has 1 saturated heterocycles. The van der Waals surface area contributed by atoms with Gasteiger partial charge in [-0.15, -0.1) is 0 Å². The highest BCUT2D eigenvalue weighted by molar-refractivity contribution is 5.77. The Hall–Kier alpha value is -0.870. The summed E-state index contributed by atoms with van der Waals surface area (Å²) in [6.45, 7) is -0.962. The van der Waals surface area contributed by atoms with Crippen molar-refractivity contribution in [3.63, 3.8) is 0 Å². The number of carboxylic acid groups (broad SMARTS) is 1. The van der Waals surface area contributed by atoms with Gasteiger partial charge in [0.2, 0.25) is 0 Å². The molecule has 1 rings (SSSR count). The maximum Gasteiger partial charge on any atom is 0.397 e. The molecule has 0 aromatic carbocycles. The summed E-state index contributed by atoms with van der Waals surface area (Å²) in [7, 11) is 0. The lowest BCUT2D eigenvalue weighted by molar-refractivity contribution is -0.326. The number of hydrogen-bond donors (Lipinski definition) is 5. The summed E-state index contributed by atoms with van der Waals surface area (Å²) in [5.74, 6) is -11.3. The van der Waals surface area contributed by atoms with Gasteiger partial charge in [0.25, 0.3) is 5.79 Å². The van der Waals surface area contributed by atoms with Crippen LogP contribution in [0.15, 0.2) is 0 Å². The van der Waals surface area contributed by atoms with Crippen LogP contribution in [0.2, 0.25) is 0 Å². The normalized spacial score (nSPS) is 40.0. The minimum absolute atomic E-state index is 0.962. The number of carbonyl (C=O) groups is 1. The second kappa shape index (κ2) is 3.86. The van der Waals surface area contributed by atoms with Crippen LogP contribution in [-0.2, 0) is 9.53 Å². The molecule has 1 aliphatic heterocycles. The molecule has 7 nitrogen and oxygen atoms in total. The first kappa shape index (κ1) is 13.2. The molecule has 1 fully saturated rings. The van der Waals surface area contributed by atoms with Crippen LogP contribution in [0, 0.1) is 0 Å². The Kier molecular flexibility index (Phi) is 3.18. The number of alkyl halides is 2. The van der Waals surface area contributed by atoms with Gasteiger partial charge in [-0.2, -0.15) is 8.78 Å². The molecule has 1 aliphatic rings. The maximum atomic E-state index is 13.0. The third-order valence-electron chi connectivity index (χ3n) is 2.33. The first-order valence-corrected chi connectivity index (χ1v) is 4.17. The fourth-order valence-corrected chi connectivity index (χ4v) is 1.36. The molecule has 0 amide bonds. The topological polar surface area (TPSA) is 127 Å². The second-order valence-electron chi connectivity index (χ2n) is 3.35. The first-order chi connectivity index (χ1) is 7.18. The number of carboxylic acids is 1.